The van der Waals surface area contributed by atoms with Crippen molar-refractivity contribution in [3.63, 3.8) is 0 Å². The summed E-state index contributed by atoms with van der Waals surface area (Å²) in [6.07, 6.45) is 4.49. The molecule has 1 aliphatic rings. The van der Waals surface area contributed by atoms with Crippen LogP contribution in [0.2, 0.25) is 0 Å². The number of amides is 1. The SMILES string of the molecule is CCCCC(CC)C(=O)N1CCC(C)(C(=O)O)C1. The highest BCUT2D eigenvalue weighted by atomic mass is 16.4. The maximum atomic E-state index is 12.3. The molecule has 1 saturated heterocycles. The molecule has 0 aromatic carbocycles. The van der Waals surface area contributed by atoms with Gasteiger partial charge in [0.15, 0.2) is 0 Å². The normalized spacial score (nSPS) is 25.2. The van der Waals surface area contributed by atoms with Crippen molar-refractivity contribution in [2.45, 2.75) is 52.9 Å². The largest absolute Gasteiger partial charge is 0.481 e. The van der Waals surface area contributed by atoms with Gasteiger partial charge in [0.2, 0.25) is 5.91 Å². The lowest BCUT2D eigenvalue weighted by Crippen LogP contribution is -2.38. The minimum Gasteiger partial charge on any atom is -0.481 e. The van der Waals surface area contributed by atoms with Crippen LogP contribution in [0.3, 0.4) is 0 Å². The maximum absolute atomic E-state index is 12.3. The van der Waals surface area contributed by atoms with Gasteiger partial charge in [-0.1, -0.05) is 26.7 Å². The quantitative estimate of drug-likeness (QED) is 0.793. The van der Waals surface area contributed by atoms with Gasteiger partial charge in [-0.2, -0.15) is 0 Å². The van der Waals surface area contributed by atoms with Crippen LogP contribution >= 0.6 is 0 Å². The summed E-state index contributed by atoms with van der Waals surface area (Å²) in [6.45, 7) is 6.84. The number of carbonyl (C=O) groups excluding carboxylic acids is 1. The number of hydrogen-bond acceptors (Lipinski definition) is 2. The molecule has 0 spiro atoms. The van der Waals surface area contributed by atoms with Crippen molar-refractivity contribution in [3.05, 3.63) is 0 Å². The molecule has 1 heterocycles. The van der Waals surface area contributed by atoms with Gasteiger partial charge in [0, 0.05) is 19.0 Å². The Labute approximate surface area is 109 Å². The van der Waals surface area contributed by atoms with E-state index in [9.17, 15) is 14.7 Å². The zero-order valence-corrected chi connectivity index (χ0v) is 11.7. The zero-order chi connectivity index (χ0) is 13.8. The molecule has 4 heteroatoms. The second-order valence-electron chi connectivity index (χ2n) is 5.62. The summed E-state index contributed by atoms with van der Waals surface area (Å²) in [7, 11) is 0. The summed E-state index contributed by atoms with van der Waals surface area (Å²) in [4.78, 5) is 25.2. The number of hydrogen-bond donors (Lipinski definition) is 1. The highest BCUT2D eigenvalue weighted by molar-refractivity contribution is 5.82. The molecule has 0 radical (unpaired) electrons. The van der Waals surface area contributed by atoms with Gasteiger partial charge in [-0.05, 0) is 26.2 Å². The first kappa shape index (κ1) is 15.0. The number of carbonyl (C=O) groups is 2. The average molecular weight is 255 g/mol. The van der Waals surface area contributed by atoms with E-state index in [1.165, 1.54) is 0 Å². The van der Waals surface area contributed by atoms with Crippen molar-refractivity contribution in [1.82, 2.24) is 4.90 Å². The van der Waals surface area contributed by atoms with Gasteiger partial charge in [-0.3, -0.25) is 9.59 Å². The average Bonchev–Trinajstić information content (AvgIpc) is 2.74. The van der Waals surface area contributed by atoms with Crippen LogP contribution in [0.5, 0.6) is 0 Å². The molecule has 0 bridgehead atoms. The van der Waals surface area contributed by atoms with E-state index in [4.69, 9.17) is 0 Å². The van der Waals surface area contributed by atoms with Gasteiger partial charge in [0.1, 0.15) is 0 Å². The summed E-state index contributed by atoms with van der Waals surface area (Å²) < 4.78 is 0. The summed E-state index contributed by atoms with van der Waals surface area (Å²) >= 11 is 0. The molecule has 4 nitrogen and oxygen atoms in total. The van der Waals surface area contributed by atoms with Crippen molar-refractivity contribution in [2.75, 3.05) is 13.1 Å². The first-order chi connectivity index (χ1) is 8.44. The van der Waals surface area contributed by atoms with Crippen LogP contribution in [-0.2, 0) is 9.59 Å². The van der Waals surface area contributed by atoms with Crippen molar-refractivity contribution < 1.29 is 14.7 Å². The molecule has 1 fully saturated rings. The van der Waals surface area contributed by atoms with Gasteiger partial charge in [0.25, 0.3) is 0 Å². The van der Waals surface area contributed by atoms with Crippen LogP contribution in [0.4, 0.5) is 0 Å². The lowest BCUT2D eigenvalue weighted by Gasteiger charge is -2.24. The van der Waals surface area contributed by atoms with Crippen LogP contribution in [0.15, 0.2) is 0 Å². The minimum atomic E-state index is -0.792. The van der Waals surface area contributed by atoms with E-state index >= 15 is 0 Å². The van der Waals surface area contributed by atoms with E-state index in [-0.39, 0.29) is 11.8 Å². The van der Waals surface area contributed by atoms with E-state index < -0.39 is 11.4 Å². The van der Waals surface area contributed by atoms with Crippen LogP contribution in [-0.4, -0.2) is 35.0 Å². The van der Waals surface area contributed by atoms with Crippen LogP contribution in [0.1, 0.15) is 52.9 Å². The maximum Gasteiger partial charge on any atom is 0.311 e. The highest BCUT2D eigenvalue weighted by Gasteiger charge is 2.42. The van der Waals surface area contributed by atoms with E-state index in [0.717, 1.165) is 25.7 Å². The van der Waals surface area contributed by atoms with Gasteiger partial charge in [-0.25, -0.2) is 0 Å². The molecule has 2 unspecified atom stereocenters. The second-order valence-corrected chi connectivity index (χ2v) is 5.62. The molecule has 1 N–H and O–H groups in total. The number of aliphatic carboxylic acids is 1. The Balaban J connectivity index is 2.60. The van der Waals surface area contributed by atoms with E-state index in [0.29, 0.717) is 19.5 Å². The number of carboxylic acids is 1. The van der Waals surface area contributed by atoms with Crippen molar-refractivity contribution in [2.24, 2.45) is 11.3 Å². The van der Waals surface area contributed by atoms with Crippen LogP contribution in [0, 0.1) is 11.3 Å². The summed E-state index contributed by atoms with van der Waals surface area (Å²) in [5.74, 6) is -0.573. The molecule has 2 atom stereocenters. The number of rotatable bonds is 6. The van der Waals surface area contributed by atoms with Gasteiger partial charge >= 0.3 is 5.97 Å². The third kappa shape index (κ3) is 3.24. The third-order valence-corrected chi connectivity index (χ3v) is 4.05. The van der Waals surface area contributed by atoms with E-state index in [2.05, 4.69) is 6.92 Å². The van der Waals surface area contributed by atoms with Crippen LogP contribution < -0.4 is 0 Å². The topological polar surface area (TPSA) is 57.6 Å². The Bertz CT molecular complexity index is 316. The monoisotopic (exact) mass is 255 g/mol. The minimum absolute atomic E-state index is 0.0705. The number of carboxylic acid groups (broad SMARTS) is 1. The molecular formula is C14H25NO3. The molecule has 1 amide bonds. The first-order valence-electron chi connectivity index (χ1n) is 6.96. The standard InChI is InChI=1S/C14H25NO3/c1-4-6-7-11(5-2)12(16)15-9-8-14(3,10-15)13(17)18/h11H,4-10H2,1-3H3,(H,17,18). The fourth-order valence-electron chi connectivity index (χ4n) is 2.53. The Kier molecular flexibility index (Phi) is 5.17. The number of nitrogens with zero attached hydrogens (tertiary/aromatic N) is 1. The fraction of sp³-hybridized carbons (Fsp3) is 0.857. The Hall–Kier alpha value is -1.06. The Morgan fingerprint density at radius 1 is 1.39 bits per heavy atom. The number of likely N-dealkylation sites (tertiary alicyclic amines) is 1. The molecule has 1 rings (SSSR count). The molecule has 104 valence electrons. The summed E-state index contributed by atoms with van der Waals surface area (Å²) in [5.41, 5.74) is -0.751. The van der Waals surface area contributed by atoms with E-state index in [1.807, 2.05) is 6.92 Å². The first-order valence-corrected chi connectivity index (χ1v) is 6.96. The molecule has 0 saturated carbocycles. The third-order valence-electron chi connectivity index (χ3n) is 4.05. The van der Waals surface area contributed by atoms with Gasteiger partial charge in [-0.15, -0.1) is 0 Å². The number of unbranched alkanes of at least 4 members (excludes halogenated alkanes) is 1. The second kappa shape index (κ2) is 6.21. The molecule has 18 heavy (non-hydrogen) atoms. The lowest BCUT2D eigenvalue weighted by molar-refractivity contribution is -0.147. The van der Waals surface area contributed by atoms with Crippen molar-refractivity contribution >= 4 is 11.9 Å². The molecule has 0 aromatic heterocycles. The zero-order valence-electron chi connectivity index (χ0n) is 11.7. The Morgan fingerprint density at radius 3 is 2.50 bits per heavy atom. The molecule has 1 aliphatic heterocycles. The molecule has 0 aromatic rings. The van der Waals surface area contributed by atoms with E-state index in [1.54, 1.807) is 11.8 Å². The molecular weight excluding hydrogens is 230 g/mol. The smallest absolute Gasteiger partial charge is 0.311 e. The Morgan fingerprint density at radius 2 is 2.06 bits per heavy atom. The summed E-state index contributed by atoms with van der Waals surface area (Å²) in [5, 5.41) is 9.17. The summed E-state index contributed by atoms with van der Waals surface area (Å²) in [6, 6.07) is 0. The highest BCUT2D eigenvalue weighted by Crippen LogP contribution is 2.31. The predicted molar refractivity (Wildman–Crippen MR) is 70.2 cm³/mol. The van der Waals surface area contributed by atoms with Crippen molar-refractivity contribution in [3.8, 4) is 0 Å². The predicted octanol–water partition coefficient (Wildman–Crippen LogP) is 2.53. The van der Waals surface area contributed by atoms with Gasteiger partial charge in [0.05, 0.1) is 5.41 Å². The molecule has 0 aliphatic carbocycles. The van der Waals surface area contributed by atoms with Crippen LogP contribution in [0.25, 0.3) is 0 Å². The van der Waals surface area contributed by atoms with Crippen molar-refractivity contribution in [1.29, 1.82) is 0 Å². The van der Waals surface area contributed by atoms with Gasteiger partial charge < -0.3 is 10.0 Å². The fourth-order valence-corrected chi connectivity index (χ4v) is 2.53. The lowest BCUT2D eigenvalue weighted by atomic mass is 9.90.